The van der Waals surface area contributed by atoms with E-state index in [0.29, 0.717) is 11.1 Å². The van der Waals surface area contributed by atoms with E-state index >= 15 is 0 Å². The smallest absolute Gasteiger partial charge is 0.0992 e. The van der Waals surface area contributed by atoms with Crippen molar-refractivity contribution in [3.63, 3.8) is 0 Å². The average molecular weight is 1010 g/mol. The van der Waals surface area contributed by atoms with Gasteiger partial charge >= 0.3 is 0 Å². The monoisotopic (exact) mass is 1010 g/mol. The van der Waals surface area contributed by atoms with Crippen molar-refractivity contribution in [2.75, 3.05) is 0 Å². The summed E-state index contributed by atoms with van der Waals surface area (Å²) >= 11 is 0. The molecule has 0 saturated heterocycles. The Balaban J connectivity index is 0.964. The van der Waals surface area contributed by atoms with E-state index in [-0.39, 0.29) is 0 Å². The Morgan fingerprint density at radius 1 is 0.237 bits per heavy atom. The van der Waals surface area contributed by atoms with Gasteiger partial charge in [-0.2, -0.15) is 10.5 Å². The molecule has 0 radical (unpaired) electrons. The minimum atomic E-state index is 0.645. The van der Waals surface area contributed by atoms with E-state index in [1.165, 1.54) is 75.8 Å². The molecule has 0 spiro atoms. The number of hydrogen-bond donors (Lipinski definition) is 0. The van der Waals surface area contributed by atoms with Crippen molar-refractivity contribution in [2.24, 2.45) is 0 Å². The zero-order valence-electron chi connectivity index (χ0n) is 43.0. The molecule has 15 aromatic carbocycles. The van der Waals surface area contributed by atoms with Crippen molar-refractivity contribution in [1.82, 2.24) is 9.13 Å². The zero-order valence-corrected chi connectivity index (χ0v) is 43.0. The number of rotatable bonds is 6. The Labute approximate surface area is 459 Å². The molecule has 0 bridgehead atoms. The molecule has 0 amide bonds. The van der Waals surface area contributed by atoms with Gasteiger partial charge in [0.1, 0.15) is 0 Å². The molecule has 2 aromatic heterocycles. The van der Waals surface area contributed by atoms with Gasteiger partial charge in [0.25, 0.3) is 0 Å². The third-order valence-corrected chi connectivity index (χ3v) is 17.1. The highest BCUT2D eigenvalue weighted by Gasteiger charge is 2.24. The maximum atomic E-state index is 10.2. The van der Waals surface area contributed by atoms with Crippen LogP contribution < -0.4 is 0 Å². The maximum absolute atomic E-state index is 10.2. The van der Waals surface area contributed by atoms with E-state index in [4.69, 9.17) is 0 Å². The van der Waals surface area contributed by atoms with Crippen molar-refractivity contribution < 1.29 is 0 Å². The molecular formula is C76H42N4. The van der Waals surface area contributed by atoms with Crippen LogP contribution in [0.15, 0.2) is 255 Å². The van der Waals surface area contributed by atoms with Gasteiger partial charge in [0, 0.05) is 32.9 Å². The Kier molecular flexibility index (Phi) is 9.23. The van der Waals surface area contributed by atoms with Gasteiger partial charge in [-0.3, -0.25) is 0 Å². The number of aromatic nitrogens is 2. The Morgan fingerprint density at radius 3 is 0.988 bits per heavy atom. The molecule has 4 nitrogen and oxygen atoms in total. The van der Waals surface area contributed by atoms with Gasteiger partial charge in [-0.1, -0.05) is 158 Å². The van der Waals surface area contributed by atoms with Crippen molar-refractivity contribution in [3.8, 4) is 68.0 Å². The first-order valence-electron chi connectivity index (χ1n) is 27.2. The van der Waals surface area contributed by atoms with Gasteiger partial charge < -0.3 is 9.13 Å². The molecule has 0 aliphatic heterocycles. The fourth-order valence-electron chi connectivity index (χ4n) is 13.6. The van der Waals surface area contributed by atoms with E-state index in [1.807, 2.05) is 24.3 Å². The first-order chi connectivity index (χ1) is 39.5. The van der Waals surface area contributed by atoms with Crippen LogP contribution in [0.2, 0.25) is 0 Å². The molecule has 17 rings (SSSR count). The minimum absolute atomic E-state index is 0.645. The topological polar surface area (TPSA) is 57.4 Å². The van der Waals surface area contributed by atoms with E-state index in [9.17, 15) is 10.5 Å². The minimum Gasteiger partial charge on any atom is -0.309 e. The van der Waals surface area contributed by atoms with Crippen molar-refractivity contribution in [3.05, 3.63) is 266 Å². The van der Waals surface area contributed by atoms with Gasteiger partial charge in [-0.15, -0.1) is 0 Å². The second kappa shape index (κ2) is 16.7. The summed E-state index contributed by atoms with van der Waals surface area (Å²) in [7, 11) is 0. The van der Waals surface area contributed by atoms with Gasteiger partial charge in [-0.25, -0.2) is 0 Å². The third-order valence-electron chi connectivity index (χ3n) is 17.1. The first kappa shape index (κ1) is 44.1. The number of fused-ring (bicyclic) bond motifs is 4. The highest BCUT2D eigenvalue weighted by Crippen LogP contribution is 2.49. The molecule has 2 heterocycles. The molecular weight excluding hydrogens is 969 g/mol. The highest BCUT2D eigenvalue weighted by molar-refractivity contribution is 6.28. The molecule has 80 heavy (non-hydrogen) atoms. The van der Waals surface area contributed by atoms with Crippen molar-refractivity contribution in [1.29, 1.82) is 10.5 Å². The number of hydrogen-bond acceptors (Lipinski definition) is 2. The second-order valence-electron chi connectivity index (χ2n) is 21.5. The number of nitrogens with zero attached hydrogens (tertiary/aromatic N) is 4. The lowest BCUT2D eigenvalue weighted by molar-refractivity contribution is 1.18. The average Bonchev–Trinajstić information content (AvgIpc) is 4.23. The standard InChI is InChI=1S/C76H42N4/c77-43-45-31-53-23-25-57-37-59(41-69-75(57)73(53)67(33-45)79(69)61-15-3-1-4-16-61)51-27-29-63-65(39-51)71(55-21-19-47-11-7-9-13-49(47)35-55)64-30-28-52(40-66(64)72(63)56-22-20-48-12-8-10-14-50(48)36-56)60-38-58-26-24-54-32-46(44-78)34-68-74(54)76(58)70(42-60)80(68)62-17-5-2-6-18-62/h1-42H. The first-order valence-corrected chi connectivity index (χ1v) is 27.2. The van der Waals surface area contributed by atoms with Crippen LogP contribution in [-0.2, 0) is 0 Å². The summed E-state index contributed by atoms with van der Waals surface area (Å²) in [6.07, 6.45) is 0. The van der Waals surface area contributed by atoms with Gasteiger partial charge in [-0.05, 0) is 206 Å². The predicted molar refractivity (Wildman–Crippen MR) is 334 cm³/mol. The lowest BCUT2D eigenvalue weighted by atomic mass is 9.83. The molecule has 0 aliphatic rings. The summed E-state index contributed by atoms with van der Waals surface area (Å²) in [5, 5.41) is 39.1. The van der Waals surface area contributed by atoms with Crippen LogP contribution in [0, 0.1) is 22.7 Å². The molecule has 0 unspecified atom stereocenters. The normalized spacial score (nSPS) is 12.0. The predicted octanol–water partition coefficient (Wildman–Crippen LogP) is 20.1. The van der Waals surface area contributed by atoms with Gasteiger partial charge in [0.15, 0.2) is 0 Å². The number of nitriles is 2. The van der Waals surface area contributed by atoms with Crippen LogP contribution in [0.1, 0.15) is 11.1 Å². The van der Waals surface area contributed by atoms with E-state index in [0.717, 1.165) is 88.4 Å². The quantitative estimate of drug-likeness (QED) is 0.123. The number of para-hydroxylation sites is 2. The summed E-state index contributed by atoms with van der Waals surface area (Å²) in [6, 6.07) is 97.7. The van der Waals surface area contributed by atoms with E-state index < -0.39 is 0 Å². The molecule has 4 heteroatoms. The third kappa shape index (κ3) is 6.42. The Morgan fingerprint density at radius 2 is 0.575 bits per heavy atom. The Bertz CT molecular complexity index is 5210. The molecule has 0 aliphatic carbocycles. The summed E-state index contributed by atoms with van der Waals surface area (Å²) < 4.78 is 4.68. The molecule has 0 saturated carbocycles. The molecule has 0 fully saturated rings. The summed E-state index contributed by atoms with van der Waals surface area (Å²) in [6.45, 7) is 0. The SMILES string of the molecule is N#Cc1cc2ccc3cc(-c4ccc5c(-c6ccc7ccccc7c6)c6cc(-c7cc8ccc9cc(C#N)cc%10c9c8c(c7)n%10-c7ccccc7)ccc6c(-c6ccc7ccccc7c6)c5c4)cc4c3c2c(c1)n4-c1ccccc1. The van der Waals surface area contributed by atoms with Crippen LogP contribution in [0.4, 0.5) is 0 Å². The molecule has 17 aromatic rings. The maximum Gasteiger partial charge on any atom is 0.0992 e. The number of benzene rings is 15. The lowest BCUT2D eigenvalue weighted by Crippen LogP contribution is -1.95. The molecule has 0 N–H and O–H groups in total. The van der Waals surface area contributed by atoms with Crippen molar-refractivity contribution in [2.45, 2.75) is 0 Å². The largest absolute Gasteiger partial charge is 0.309 e. The van der Waals surface area contributed by atoms with E-state index in [1.54, 1.807) is 0 Å². The zero-order chi connectivity index (χ0) is 52.7. The lowest BCUT2D eigenvalue weighted by Gasteiger charge is -2.20. The van der Waals surface area contributed by atoms with Crippen LogP contribution in [0.25, 0.3) is 164 Å². The molecule has 0 atom stereocenters. The van der Waals surface area contributed by atoms with E-state index in [2.05, 4.69) is 252 Å². The van der Waals surface area contributed by atoms with Gasteiger partial charge in [0.05, 0.1) is 45.3 Å². The van der Waals surface area contributed by atoms with Crippen molar-refractivity contribution >= 4 is 108 Å². The van der Waals surface area contributed by atoms with Crippen LogP contribution >= 0.6 is 0 Å². The fourth-order valence-corrected chi connectivity index (χ4v) is 13.6. The van der Waals surface area contributed by atoms with Gasteiger partial charge in [0.2, 0.25) is 0 Å². The van der Waals surface area contributed by atoms with Crippen LogP contribution in [-0.4, -0.2) is 9.13 Å². The highest BCUT2D eigenvalue weighted by atomic mass is 15.0. The summed E-state index contributed by atoms with van der Waals surface area (Å²) in [5.74, 6) is 0. The summed E-state index contributed by atoms with van der Waals surface area (Å²) in [4.78, 5) is 0. The second-order valence-corrected chi connectivity index (χ2v) is 21.5. The summed E-state index contributed by atoms with van der Waals surface area (Å²) in [5.41, 5.74) is 16.8. The van der Waals surface area contributed by atoms with Crippen LogP contribution in [0.3, 0.4) is 0 Å². The fraction of sp³-hybridized carbons (Fsp3) is 0. The molecule has 366 valence electrons. The Hall–Kier alpha value is -11.0. The van der Waals surface area contributed by atoms with Crippen LogP contribution in [0.5, 0.6) is 0 Å².